The van der Waals surface area contributed by atoms with E-state index >= 15 is 0 Å². The van der Waals surface area contributed by atoms with E-state index in [4.69, 9.17) is 4.74 Å². The highest BCUT2D eigenvalue weighted by atomic mass is 16.6. The Kier molecular flexibility index (Phi) is 2.42. The molecule has 2 fully saturated rings. The molecule has 2 aliphatic carbocycles. The highest BCUT2D eigenvalue weighted by molar-refractivity contribution is 5.83. The minimum atomic E-state index is -0.800. The molecule has 17 heavy (non-hydrogen) atoms. The van der Waals surface area contributed by atoms with E-state index in [1.165, 1.54) is 0 Å². The summed E-state index contributed by atoms with van der Waals surface area (Å²) in [4.78, 5) is 22.9. The number of carboxylic acid groups (broad SMARTS) is 1. The van der Waals surface area contributed by atoms with Gasteiger partial charge in [0.25, 0.3) is 0 Å². The average molecular weight is 241 g/mol. The van der Waals surface area contributed by atoms with Gasteiger partial charge < -0.3 is 15.2 Å². The minimum absolute atomic E-state index is 0.512. The summed E-state index contributed by atoms with van der Waals surface area (Å²) in [6.45, 7) is 5.36. The van der Waals surface area contributed by atoms with E-state index in [1.54, 1.807) is 20.8 Å². The van der Waals surface area contributed by atoms with Crippen LogP contribution in [-0.2, 0) is 9.53 Å². The highest BCUT2D eigenvalue weighted by Gasteiger charge is 2.71. The molecule has 2 saturated carbocycles. The van der Waals surface area contributed by atoms with Crippen LogP contribution in [0.2, 0.25) is 0 Å². The van der Waals surface area contributed by atoms with E-state index in [0.29, 0.717) is 12.8 Å². The lowest BCUT2D eigenvalue weighted by Gasteiger charge is -2.27. The van der Waals surface area contributed by atoms with Gasteiger partial charge in [-0.05, 0) is 46.5 Å². The van der Waals surface area contributed by atoms with Crippen LogP contribution in [0.1, 0.15) is 46.5 Å². The molecule has 0 saturated heterocycles. The summed E-state index contributed by atoms with van der Waals surface area (Å²) in [6, 6.07) is 0. The molecule has 1 amide bonds. The molecule has 0 radical (unpaired) electrons. The Morgan fingerprint density at radius 3 is 2.00 bits per heavy atom. The summed E-state index contributed by atoms with van der Waals surface area (Å²) in [5.74, 6) is -0.800. The molecule has 0 aromatic heterocycles. The second-order valence-corrected chi connectivity index (χ2v) is 6.10. The molecule has 5 nitrogen and oxygen atoms in total. The van der Waals surface area contributed by atoms with E-state index in [0.717, 1.165) is 12.8 Å². The van der Waals surface area contributed by atoms with E-state index in [9.17, 15) is 14.7 Å². The fraction of sp³-hybridized carbons (Fsp3) is 0.833. The van der Waals surface area contributed by atoms with Crippen molar-refractivity contribution in [2.45, 2.75) is 57.6 Å². The number of hydrogen-bond acceptors (Lipinski definition) is 3. The van der Waals surface area contributed by atoms with Gasteiger partial charge in [0.2, 0.25) is 0 Å². The van der Waals surface area contributed by atoms with Crippen molar-refractivity contribution in [3.05, 3.63) is 0 Å². The molecule has 2 aliphatic rings. The van der Waals surface area contributed by atoms with Crippen molar-refractivity contribution in [1.82, 2.24) is 5.32 Å². The molecule has 0 bridgehead atoms. The Balaban J connectivity index is 2.00. The van der Waals surface area contributed by atoms with Crippen LogP contribution < -0.4 is 5.32 Å². The molecule has 0 aliphatic heterocycles. The number of amides is 1. The van der Waals surface area contributed by atoms with Crippen LogP contribution in [0.3, 0.4) is 0 Å². The first-order chi connectivity index (χ1) is 7.71. The molecule has 2 N–H and O–H groups in total. The maximum atomic E-state index is 11.7. The fourth-order valence-corrected chi connectivity index (χ4v) is 2.37. The van der Waals surface area contributed by atoms with Crippen LogP contribution in [-0.4, -0.2) is 28.3 Å². The topological polar surface area (TPSA) is 75.6 Å². The summed E-state index contributed by atoms with van der Waals surface area (Å²) in [5, 5.41) is 12.0. The van der Waals surface area contributed by atoms with Crippen molar-refractivity contribution >= 4 is 12.1 Å². The SMILES string of the molecule is CC(C)(C)OC(=O)NC1(C2(C(=O)O)CC2)CC1. The molecule has 0 spiro atoms. The van der Waals surface area contributed by atoms with E-state index in [2.05, 4.69) is 5.32 Å². The summed E-state index contributed by atoms with van der Waals surface area (Å²) < 4.78 is 5.17. The zero-order valence-electron chi connectivity index (χ0n) is 10.5. The van der Waals surface area contributed by atoms with Gasteiger partial charge in [-0.1, -0.05) is 0 Å². The van der Waals surface area contributed by atoms with E-state index in [-0.39, 0.29) is 0 Å². The largest absolute Gasteiger partial charge is 0.481 e. The minimum Gasteiger partial charge on any atom is -0.481 e. The van der Waals surface area contributed by atoms with Gasteiger partial charge in [-0.25, -0.2) is 4.79 Å². The maximum absolute atomic E-state index is 11.7. The smallest absolute Gasteiger partial charge is 0.408 e. The zero-order valence-corrected chi connectivity index (χ0v) is 10.5. The summed E-state index contributed by atoms with van der Waals surface area (Å²) in [6.07, 6.45) is 2.26. The quantitative estimate of drug-likeness (QED) is 0.791. The van der Waals surface area contributed by atoms with Crippen molar-refractivity contribution in [2.75, 3.05) is 0 Å². The van der Waals surface area contributed by atoms with Crippen LogP contribution in [0.25, 0.3) is 0 Å². The molecule has 2 rings (SSSR count). The van der Waals surface area contributed by atoms with Crippen LogP contribution in [0.15, 0.2) is 0 Å². The normalized spacial score (nSPS) is 23.7. The predicted octanol–water partition coefficient (Wildman–Crippen LogP) is 1.91. The molecular formula is C12H19NO4. The van der Waals surface area contributed by atoms with Crippen molar-refractivity contribution in [2.24, 2.45) is 5.41 Å². The van der Waals surface area contributed by atoms with Crippen molar-refractivity contribution < 1.29 is 19.4 Å². The van der Waals surface area contributed by atoms with Crippen molar-refractivity contribution in [3.63, 3.8) is 0 Å². The molecule has 0 aromatic carbocycles. The molecule has 0 atom stereocenters. The van der Waals surface area contributed by atoms with Crippen molar-refractivity contribution in [1.29, 1.82) is 0 Å². The van der Waals surface area contributed by atoms with Gasteiger partial charge in [-0.3, -0.25) is 4.79 Å². The Bertz CT molecular complexity index is 361. The summed E-state index contributed by atoms with van der Waals surface area (Å²) in [5.41, 5.74) is -1.84. The van der Waals surface area contributed by atoms with Crippen LogP contribution in [0, 0.1) is 5.41 Å². The first-order valence-electron chi connectivity index (χ1n) is 5.95. The molecule has 0 heterocycles. The molecule has 0 aromatic rings. The second-order valence-electron chi connectivity index (χ2n) is 6.10. The lowest BCUT2D eigenvalue weighted by Crippen LogP contribution is -2.48. The van der Waals surface area contributed by atoms with Gasteiger partial charge in [0.05, 0.1) is 11.0 Å². The molecule has 0 unspecified atom stereocenters. The molecule has 96 valence electrons. The third-order valence-electron chi connectivity index (χ3n) is 3.57. The lowest BCUT2D eigenvalue weighted by molar-refractivity contribution is -0.145. The molecule has 5 heteroatoms. The molecular weight excluding hydrogens is 222 g/mol. The number of carbonyl (C=O) groups excluding carboxylic acids is 1. The number of rotatable bonds is 3. The van der Waals surface area contributed by atoms with Crippen molar-refractivity contribution in [3.8, 4) is 0 Å². The Labute approximate surface area is 101 Å². The Morgan fingerprint density at radius 2 is 1.71 bits per heavy atom. The maximum Gasteiger partial charge on any atom is 0.408 e. The Hall–Kier alpha value is -1.26. The van der Waals surface area contributed by atoms with Gasteiger partial charge in [0.1, 0.15) is 5.60 Å². The number of carbonyl (C=O) groups is 2. The van der Waals surface area contributed by atoms with Gasteiger partial charge in [-0.15, -0.1) is 0 Å². The van der Waals surface area contributed by atoms with Crippen LogP contribution in [0.5, 0.6) is 0 Å². The third-order valence-corrected chi connectivity index (χ3v) is 3.57. The van der Waals surface area contributed by atoms with Crippen LogP contribution >= 0.6 is 0 Å². The predicted molar refractivity (Wildman–Crippen MR) is 60.6 cm³/mol. The average Bonchev–Trinajstić information content (AvgIpc) is 2.92. The lowest BCUT2D eigenvalue weighted by atomic mass is 9.94. The van der Waals surface area contributed by atoms with Gasteiger partial charge in [-0.2, -0.15) is 0 Å². The van der Waals surface area contributed by atoms with E-state index < -0.39 is 28.6 Å². The fourth-order valence-electron chi connectivity index (χ4n) is 2.37. The standard InChI is InChI=1S/C12H19NO4/c1-10(2,3)17-9(16)13-12(6-7-12)11(4-5-11)8(14)15/h4-7H2,1-3H3,(H,13,16)(H,14,15). The first kappa shape index (κ1) is 12.2. The number of hydrogen-bond donors (Lipinski definition) is 2. The number of aliphatic carboxylic acids is 1. The number of carboxylic acids is 1. The first-order valence-corrected chi connectivity index (χ1v) is 5.95. The monoisotopic (exact) mass is 241 g/mol. The van der Waals surface area contributed by atoms with Crippen LogP contribution in [0.4, 0.5) is 4.79 Å². The zero-order chi connectivity index (χ0) is 12.9. The van der Waals surface area contributed by atoms with Gasteiger partial charge in [0, 0.05) is 0 Å². The second kappa shape index (κ2) is 3.37. The van der Waals surface area contributed by atoms with Gasteiger partial charge in [0.15, 0.2) is 0 Å². The van der Waals surface area contributed by atoms with E-state index in [1.807, 2.05) is 0 Å². The number of nitrogens with one attached hydrogen (secondary N) is 1. The Morgan fingerprint density at radius 1 is 1.18 bits per heavy atom. The third kappa shape index (κ3) is 2.10. The number of ether oxygens (including phenoxy) is 1. The summed E-state index contributed by atoms with van der Waals surface area (Å²) >= 11 is 0. The number of alkyl carbamates (subject to hydrolysis) is 1. The summed E-state index contributed by atoms with van der Waals surface area (Å²) in [7, 11) is 0. The van der Waals surface area contributed by atoms with Gasteiger partial charge >= 0.3 is 12.1 Å². The highest BCUT2D eigenvalue weighted by Crippen LogP contribution is 2.64.